The van der Waals surface area contributed by atoms with Crippen molar-refractivity contribution in [2.24, 2.45) is 0 Å². The van der Waals surface area contributed by atoms with Gasteiger partial charge in [0.05, 0.1) is 52.9 Å². The standard InChI is InChI=1S/C40H38O6/c41-21-31-1-5-33(6-2-31)23-43-25-35-9-13-37(14-10-35)27-45-29-39-17-19-40(20-18-39)30-46-28-38-15-11-36(12-16-38)26-44-24-34-7-3-32(22-42)4-8-34/h1-22H,23-30H2. The highest BCUT2D eigenvalue weighted by Gasteiger charge is 2.02. The summed E-state index contributed by atoms with van der Waals surface area (Å²) in [6, 6.07) is 39.7. The minimum absolute atomic E-state index is 0.503. The van der Waals surface area contributed by atoms with Crippen molar-refractivity contribution in [1.29, 1.82) is 0 Å². The fraction of sp³-hybridized carbons (Fsp3) is 0.200. The highest BCUT2D eigenvalue weighted by atomic mass is 16.5. The highest BCUT2D eigenvalue weighted by molar-refractivity contribution is 5.75. The topological polar surface area (TPSA) is 71.1 Å². The molecule has 0 amide bonds. The summed E-state index contributed by atoms with van der Waals surface area (Å²) in [5.41, 5.74) is 10.1. The minimum Gasteiger partial charge on any atom is -0.372 e. The van der Waals surface area contributed by atoms with Crippen LogP contribution in [0.15, 0.2) is 121 Å². The molecule has 5 aromatic carbocycles. The average Bonchev–Trinajstić information content (AvgIpc) is 3.11. The quantitative estimate of drug-likeness (QED) is 0.0928. The number of carbonyl (C=O) groups is 2. The van der Waals surface area contributed by atoms with E-state index in [-0.39, 0.29) is 0 Å². The molecule has 234 valence electrons. The molecule has 0 spiro atoms. The lowest BCUT2D eigenvalue weighted by atomic mass is 10.1. The van der Waals surface area contributed by atoms with Crippen LogP contribution in [0.3, 0.4) is 0 Å². The summed E-state index contributed by atoms with van der Waals surface area (Å²) in [4.78, 5) is 21.5. The van der Waals surface area contributed by atoms with E-state index in [9.17, 15) is 9.59 Å². The van der Waals surface area contributed by atoms with Crippen LogP contribution in [0, 0.1) is 0 Å². The number of rotatable bonds is 18. The summed E-state index contributed by atoms with van der Waals surface area (Å²) >= 11 is 0. The van der Waals surface area contributed by atoms with Gasteiger partial charge in [0.1, 0.15) is 12.6 Å². The summed E-state index contributed by atoms with van der Waals surface area (Å²) in [6.07, 6.45) is 1.68. The molecule has 46 heavy (non-hydrogen) atoms. The van der Waals surface area contributed by atoms with Crippen molar-refractivity contribution < 1.29 is 28.5 Å². The minimum atomic E-state index is 0.503. The van der Waals surface area contributed by atoms with Gasteiger partial charge in [-0.1, -0.05) is 121 Å². The van der Waals surface area contributed by atoms with E-state index in [1.807, 2.05) is 24.3 Å². The van der Waals surface area contributed by atoms with Crippen LogP contribution in [-0.2, 0) is 71.8 Å². The van der Waals surface area contributed by atoms with Crippen molar-refractivity contribution in [3.8, 4) is 0 Å². The van der Waals surface area contributed by atoms with E-state index in [2.05, 4.69) is 72.8 Å². The third-order valence-corrected chi connectivity index (χ3v) is 7.45. The third kappa shape index (κ3) is 10.7. The van der Waals surface area contributed by atoms with Crippen molar-refractivity contribution in [2.75, 3.05) is 0 Å². The summed E-state index contributed by atoms with van der Waals surface area (Å²) in [7, 11) is 0. The Hall–Kier alpha value is -4.72. The maximum atomic E-state index is 10.8. The van der Waals surface area contributed by atoms with Crippen molar-refractivity contribution in [2.45, 2.75) is 52.9 Å². The van der Waals surface area contributed by atoms with Crippen LogP contribution in [-0.4, -0.2) is 12.6 Å². The van der Waals surface area contributed by atoms with Crippen LogP contribution < -0.4 is 0 Å². The lowest BCUT2D eigenvalue weighted by Crippen LogP contribution is -1.98. The SMILES string of the molecule is O=Cc1ccc(COCc2ccc(COCc3ccc(COCc4ccc(COCc5ccc(C=O)cc5)cc4)cc3)cc2)cc1. The number of carbonyl (C=O) groups excluding carboxylic acids is 2. The first-order valence-corrected chi connectivity index (χ1v) is 15.3. The van der Waals surface area contributed by atoms with Crippen LogP contribution in [0.1, 0.15) is 65.2 Å². The molecule has 0 heterocycles. The Bertz CT molecular complexity index is 1500. The van der Waals surface area contributed by atoms with Gasteiger partial charge < -0.3 is 18.9 Å². The molecule has 5 aromatic rings. The molecule has 5 rings (SSSR count). The fourth-order valence-electron chi connectivity index (χ4n) is 4.73. The van der Waals surface area contributed by atoms with Gasteiger partial charge in [-0.15, -0.1) is 0 Å². The third-order valence-electron chi connectivity index (χ3n) is 7.45. The second-order valence-corrected chi connectivity index (χ2v) is 11.1. The van der Waals surface area contributed by atoms with Crippen LogP contribution in [0.4, 0.5) is 0 Å². The molecular formula is C40H38O6. The zero-order chi connectivity index (χ0) is 31.8. The van der Waals surface area contributed by atoms with Crippen molar-refractivity contribution in [3.05, 3.63) is 177 Å². The van der Waals surface area contributed by atoms with E-state index in [1.54, 1.807) is 24.3 Å². The largest absolute Gasteiger partial charge is 0.372 e. The van der Waals surface area contributed by atoms with E-state index in [4.69, 9.17) is 18.9 Å². The van der Waals surface area contributed by atoms with E-state index < -0.39 is 0 Å². The Kier molecular flexibility index (Phi) is 12.6. The van der Waals surface area contributed by atoms with Crippen LogP contribution in [0.25, 0.3) is 0 Å². The zero-order valence-electron chi connectivity index (χ0n) is 25.8. The van der Waals surface area contributed by atoms with Crippen LogP contribution >= 0.6 is 0 Å². The molecule has 0 bridgehead atoms. The molecule has 0 aliphatic rings. The number of ether oxygens (including phenoxy) is 4. The van der Waals surface area contributed by atoms with E-state index in [0.29, 0.717) is 64.0 Å². The first-order valence-electron chi connectivity index (χ1n) is 15.3. The summed E-state index contributed by atoms with van der Waals surface area (Å²) in [5, 5.41) is 0. The normalized spacial score (nSPS) is 11.0. The molecular weight excluding hydrogens is 576 g/mol. The van der Waals surface area contributed by atoms with Gasteiger partial charge in [-0.2, -0.15) is 0 Å². The van der Waals surface area contributed by atoms with Gasteiger partial charge >= 0.3 is 0 Å². The number of hydrogen-bond donors (Lipinski definition) is 0. The molecule has 6 heteroatoms. The second-order valence-electron chi connectivity index (χ2n) is 11.1. The molecule has 0 N–H and O–H groups in total. The Labute approximate surface area is 270 Å². The number of aldehydes is 2. The molecule has 0 atom stereocenters. The van der Waals surface area contributed by atoms with Gasteiger partial charge in [-0.25, -0.2) is 0 Å². The van der Waals surface area contributed by atoms with E-state index in [1.165, 1.54) is 0 Å². The zero-order valence-corrected chi connectivity index (χ0v) is 25.8. The molecule has 0 aliphatic carbocycles. The Balaban J connectivity index is 0.941. The Morgan fingerprint density at radius 1 is 0.283 bits per heavy atom. The van der Waals surface area contributed by atoms with Crippen molar-refractivity contribution in [1.82, 2.24) is 0 Å². The monoisotopic (exact) mass is 614 g/mol. The lowest BCUT2D eigenvalue weighted by molar-refractivity contribution is 0.104. The number of benzene rings is 5. The smallest absolute Gasteiger partial charge is 0.150 e. The van der Waals surface area contributed by atoms with Crippen molar-refractivity contribution >= 4 is 12.6 Å². The predicted octanol–water partition coefficient (Wildman–Crippen LogP) is 8.18. The van der Waals surface area contributed by atoms with Crippen LogP contribution in [0.5, 0.6) is 0 Å². The molecule has 6 nitrogen and oxygen atoms in total. The second kappa shape index (κ2) is 17.7. The van der Waals surface area contributed by atoms with Gasteiger partial charge in [0.15, 0.2) is 0 Å². The average molecular weight is 615 g/mol. The van der Waals surface area contributed by atoms with Gasteiger partial charge in [0.25, 0.3) is 0 Å². The maximum Gasteiger partial charge on any atom is 0.150 e. The Morgan fingerprint density at radius 2 is 0.435 bits per heavy atom. The van der Waals surface area contributed by atoms with Gasteiger partial charge in [-0.3, -0.25) is 9.59 Å². The summed E-state index contributed by atoms with van der Waals surface area (Å²) in [5.74, 6) is 0. The first-order chi connectivity index (χ1) is 22.7. The molecule has 0 radical (unpaired) electrons. The van der Waals surface area contributed by atoms with Gasteiger partial charge in [0, 0.05) is 11.1 Å². The molecule has 0 aliphatic heterocycles. The molecule has 0 unspecified atom stereocenters. The Morgan fingerprint density at radius 3 is 0.587 bits per heavy atom. The summed E-state index contributed by atoms with van der Waals surface area (Å²) in [6.45, 7) is 4.21. The lowest BCUT2D eigenvalue weighted by Gasteiger charge is -2.09. The van der Waals surface area contributed by atoms with E-state index in [0.717, 1.165) is 57.1 Å². The van der Waals surface area contributed by atoms with E-state index >= 15 is 0 Å². The summed E-state index contributed by atoms with van der Waals surface area (Å²) < 4.78 is 23.5. The molecule has 0 fully saturated rings. The first kappa shape index (κ1) is 32.7. The highest BCUT2D eigenvalue weighted by Crippen LogP contribution is 2.14. The maximum absolute atomic E-state index is 10.8. The molecule has 0 saturated heterocycles. The fourth-order valence-corrected chi connectivity index (χ4v) is 4.73. The van der Waals surface area contributed by atoms with Gasteiger partial charge in [0.2, 0.25) is 0 Å². The molecule has 0 aromatic heterocycles. The predicted molar refractivity (Wildman–Crippen MR) is 177 cm³/mol. The number of hydrogen-bond acceptors (Lipinski definition) is 6. The van der Waals surface area contributed by atoms with Crippen LogP contribution in [0.2, 0.25) is 0 Å². The van der Waals surface area contributed by atoms with Crippen molar-refractivity contribution in [3.63, 3.8) is 0 Å². The molecule has 0 saturated carbocycles. The van der Waals surface area contributed by atoms with Gasteiger partial charge in [-0.05, 0) is 44.5 Å².